The van der Waals surface area contributed by atoms with Crippen LogP contribution in [0.5, 0.6) is 0 Å². The average molecular weight is 295 g/mol. The van der Waals surface area contributed by atoms with E-state index in [2.05, 4.69) is 5.32 Å². The van der Waals surface area contributed by atoms with Gasteiger partial charge in [-0.15, -0.1) is 11.8 Å². The zero-order valence-corrected chi connectivity index (χ0v) is 13.3. The SMILES string of the molecule is CSc1ccccc1C(C)(C=O)NC(=O)OC(C)(C)C. The van der Waals surface area contributed by atoms with Crippen LogP contribution in [0.4, 0.5) is 4.79 Å². The lowest BCUT2D eigenvalue weighted by Gasteiger charge is -2.29. The van der Waals surface area contributed by atoms with E-state index in [0.29, 0.717) is 0 Å². The summed E-state index contributed by atoms with van der Waals surface area (Å²) in [5.74, 6) is 0. The van der Waals surface area contributed by atoms with Crippen molar-refractivity contribution in [3.8, 4) is 0 Å². The Morgan fingerprint density at radius 2 is 1.85 bits per heavy atom. The summed E-state index contributed by atoms with van der Waals surface area (Å²) in [7, 11) is 0. The highest BCUT2D eigenvalue weighted by atomic mass is 32.2. The van der Waals surface area contributed by atoms with E-state index >= 15 is 0 Å². The number of carbonyl (C=O) groups excluding carboxylic acids is 2. The van der Waals surface area contributed by atoms with E-state index < -0.39 is 17.2 Å². The lowest BCUT2D eigenvalue weighted by atomic mass is 9.94. The Hall–Kier alpha value is -1.49. The molecule has 20 heavy (non-hydrogen) atoms. The van der Waals surface area contributed by atoms with Gasteiger partial charge in [-0.2, -0.15) is 0 Å². The summed E-state index contributed by atoms with van der Waals surface area (Å²) in [6, 6.07) is 7.48. The molecule has 0 saturated heterocycles. The van der Waals surface area contributed by atoms with Gasteiger partial charge in [0.05, 0.1) is 0 Å². The maximum atomic E-state index is 11.9. The molecule has 110 valence electrons. The Bertz CT molecular complexity index is 496. The summed E-state index contributed by atoms with van der Waals surface area (Å²) in [5, 5.41) is 2.65. The van der Waals surface area contributed by atoms with E-state index in [4.69, 9.17) is 4.74 Å². The third-order valence-corrected chi connectivity index (χ3v) is 3.46. The minimum atomic E-state index is -1.11. The summed E-state index contributed by atoms with van der Waals surface area (Å²) in [6.07, 6.45) is 2.05. The molecule has 1 unspecified atom stereocenters. The fourth-order valence-electron chi connectivity index (χ4n) is 1.75. The predicted molar refractivity (Wildman–Crippen MR) is 81.0 cm³/mol. The van der Waals surface area contributed by atoms with Gasteiger partial charge in [0, 0.05) is 4.90 Å². The minimum Gasteiger partial charge on any atom is -0.444 e. The van der Waals surface area contributed by atoms with Crippen LogP contribution in [-0.4, -0.2) is 24.2 Å². The van der Waals surface area contributed by atoms with Crippen molar-refractivity contribution in [1.82, 2.24) is 5.32 Å². The molecular formula is C15H21NO3S. The van der Waals surface area contributed by atoms with E-state index in [1.54, 1.807) is 27.7 Å². The standard InChI is InChI=1S/C15H21NO3S/c1-14(2,3)19-13(18)16-15(4,10-17)11-8-6-7-9-12(11)20-5/h6-10H,1-5H3,(H,16,18). The van der Waals surface area contributed by atoms with Crippen molar-refractivity contribution in [3.63, 3.8) is 0 Å². The number of carbonyl (C=O) groups is 2. The summed E-state index contributed by atoms with van der Waals surface area (Å²) in [6.45, 7) is 7.00. The van der Waals surface area contributed by atoms with E-state index in [1.165, 1.54) is 11.8 Å². The summed E-state index contributed by atoms with van der Waals surface area (Å²) in [5.41, 5.74) is -0.956. The number of aldehydes is 1. The van der Waals surface area contributed by atoms with Crippen LogP contribution in [0.25, 0.3) is 0 Å². The number of nitrogens with one attached hydrogen (secondary N) is 1. The molecule has 0 heterocycles. The number of benzene rings is 1. The van der Waals surface area contributed by atoms with Crippen LogP contribution in [0.15, 0.2) is 29.2 Å². The van der Waals surface area contributed by atoms with Crippen molar-refractivity contribution in [3.05, 3.63) is 29.8 Å². The van der Waals surface area contributed by atoms with Crippen LogP contribution in [0, 0.1) is 0 Å². The average Bonchev–Trinajstić information content (AvgIpc) is 2.36. The monoisotopic (exact) mass is 295 g/mol. The molecule has 0 saturated carbocycles. The first-order valence-electron chi connectivity index (χ1n) is 6.33. The molecule has 5 heteroatoms. The molecule has 4 nitrogen and oxygen atoms in total. The first-order valence-corrected chi connectivity index (χ1v) is 7.55. The highest BCUT2D eigenvalue weighted by molar-refractivity contribution is 7.98. The fraction of sp³-hybridized carbons (Fsp3) is 0.467. The van der Waals surface area contributed by atoms with Crippen molar-refractivity contribution < 1.29 is 14.3 Å². The summed E-state index contributed by atoms with van der Waals surface area (Å²) < 4.78 is 5.21. The number of alkyl carbamates (subject to hydrolysis) is 1. The normalized spacial score (nSPS) is 14.2. The van der Waals surface area contributed by atoms with Gasteiger partial charge in [-0.3, -0.25) is 0 Å². The van der Waals surface area contributed by atoms with Crippen molar-refractivity contribution in [2.45, 2.75) is 43.7 Å². The Labute approximate surface area is 124 Å². The van der Waals surface area contributed by atoms with Crippen LogP contribution in [0.1, 0.15) is 33.3 Å². The van der Waals surface area contributed by atoms with Crippen LogP contribution >= 0.6 is 11.8 Å². The highest BCUT2D eigenvalue weighted by Crippen LogP contribution is 2.29. The van der Waals surface area contributed by atoms with Crippen LogP contribution < -0.4 is 5.32 Å². The second-order valence-corrected chi connectivity index (χ2v) is 6.50. The van der Waals surface area contributed by atoms with Gasteiger partial charge in [-0.25, -0.2) is 4.79 Å². The molecule has 1 amide bonds. The van der Waals surface area contributed by atoms with Gasteiger partial charge in [0.15, 0.2) is 0 Å². The zero-order valence-electron chi connectivity index (χ0n) is 12.5. The molecule has 1 rings (SSSR count). The zero-order chi connectivity index (χ0) is 15.4. The van der Waals surface area contributed by atoms with Gasteiger partial charge in [0.2, 0.25) is 0 Å². The van der Waals surface area contributed by atoms with Gasteiger partial charge in [-0.1, -0.05) is 18.2 Å². The lowest BCUT2D eigenvalue weighted by Crippen LogP contribution is -2.47. The Balaban J connectivity index is 3.03. The molecular weight excluding hydrogens is 274 g/mol. The smallest absolute Gasteiger partial charge is 0.408 e. The lowest BCUT2D eigenvalue weighted by molar-refractivity contribution is -0.113. The maximum absolute atomic E-state index is 11.9. The van der Waals surface area contributed by atoms with Gasteiger partial charge in [0.25, 0.3) is 0 Å². The van der Waals surface area contributed by atoms with Crippen molar-refractivity contribution >= 4 is 24.1 Å². The fourth-order valence-corrected chi connectivity index (χ4v) is 2.46. The number of rotatable bonds is 4. The Morgan fingerprint density at radius 3 is 2.35 bits per heavy atom. The molecule has 1 aromatic carbocycles. The second kappa shape index (κ2) is 6.31. The van der Waals surface area contributed by atoms with E-state index in [9.17, 15) is 9.59 Å². The van der Waals surface area contributed by atoms with E-state index in [1.807, 2.05) is 30.5 Å². The quantitative estimate of drug-likeness (QED) is 0.683. The molecule has 0 bridgehead atoms. The van der Waals surface area contributed by atoms with E-state index in [0.717, 1.165) is 16.7 Å². The molecule has 1 N–H and O–H groups in total. The topological polar surface area (TPSA) is 55.4 Å². The number of hydrogen-bond donors (Lipinski definition) is 1. The molecule has 0 aliphatic carbocycles. The number of thioether (sulfide) groups is 1. The molecule has 1 aromatic rings. The van der Waals surface area contributed by atoms with Gasteiger partial charge >= 0.3 is 6.09 Å². The van der Waals surface area contributed by atoms with Crippen LogP contribution in [-0.2, 0) is 15.1 Å². The molecule has 0 aliphatic heterocycles. The second-order valence-electron chi connectivity index (χ2n) is 5.65. The Morgan fingerprint density at radius 1 is 1.25 bits per heavy atom. The number of amides is 1. The molecule has 0 aromatic heterocycles. The predicted octanol–water partition coefficient (Wildman–Crippen LogP) is 3.35. The van der Waals surface area contributed by atoms with Gasteiger partial charge in [0.1, 0.15) is 17.4 Å². The minimum absolute atomic E-state index is 0.604. The Kier molecular flexibility index (Phi) is 5.22. The van der Waals surface area contributed by atoms with Crippen molar-refractivity contribution in [2.75, 3.05) is 6.26 Å². The number of ether oxygens (including phenoxy) is 1. The molecule has 1 atom stereocenters. The molecule has 0 aliphatic rings. The van der Waals surface area contributed by atoms with Crippen LogP contribution in [0.2, 0.25) is 0 Å². The maximum Gasteiger partial charge on any atom is 0.408 e. The molecule has 0 spiro atoms. The highest BCUT2D eigenvalue weighted by Gasteiger charge is 2.32. The van der Waals surface area contributed by atoms with Gasteiger partial charge in [-0.05, 0) is 45.6 Å². The third kappa shape index (κ3) is 4.27. The first-order chi connectivity index (χ1) is 9.22. The molecule has 0 fully saturated rings. The summed E-state index contributed by atoms with van der Waals surface area (Å²) in [4.78, 5) is 24.4. The van der Waals surface area contributed by atoms with E-state index in [-0.39, 0.29) is 0 Å². The van der Waals surface area contributed by atoms with Crippen LogP contribution in [0.3, 0.4) is 0 Å². The first kappa shape index (κ1) is 16.6. The third-order valence-electron chi connectivity index (χ3n) is 2.66. The van der Waals surface area contributed by atoms with Gasteiger partial charge < -0.3 is 14.8 Å². The molecule has 0 radical (unpaired) electrons. The summed E-state index contributed by atoms with van der Waals surface area (Å²) >= 11 is 1.53. The number of hydrogen-bond acceptors (Lipinski definition) is 4. The van der Waals surface area contributed by atoms with Crippen molar-refractivity contribution in [1.29, 1.82) is 0 Å². The largest absolute Gasteiger partial charge is 0.444 e. The van der Waals surface area contributed by atoms with Crippen molar-refractivity contribution in [2.24, 2.45) is 0 Å².